The predicted molar refractivity (Wildman–Crippen MR) is 175 cm³/mol. The van der Waals surface area contributed by atoms with Crippen molar-refractivity contribution in [3.05, 3.63) is 108 Å². The second-order valence-corrected chi connectivity index (χ2v) is 16.6. The van der Waals surface area contributed by atoms with Crippen molar-refractivity contribution in [3.8, 4) is 0 Å². The van der Waals surface area contributed by atoms with Crippen molar-refractivity contribution in [2.24, 2.45) is 0 Å². The quantitative estimate of drug-likeness (QED) is 0.120. The van der Waals surface area contributed by atoms with Gasteiger partial charge in [-0.05, 0) is 60.1 Å². The molecule has 0 unspecified atom stereocenters. The van der Waals surface area contributed by atoms with E-state index in [-0.39, 0.29) is 25.6 Å². The maximum atomic E-state index is 3.68. The standard InChI is InChI=1S/C37H33N2Si.Ru/c1-22-18-19-30-28-15-9-7-13-26(28)27-14-8-10-16-29(27)31-20-21-33-37-36(31)39(35(30)24(22)3)25(4)38(37)34-23(2)12-11-17-32(34)40(33,5)6;/h7-14,16-21,25H,1-6H3;/q-1;+1/t25-;/m1./s1. The predicted octanol–water partition coefficient (Wildman–Crippen LogP) is 8.75. The summed E-state index contributed by atoms with van der Waals surface area (Å²) in [6.07, 6.45) is 0.122. The Hall–Kier alpha value is -3.46. The summed E-state index contributed by atoms with van der Waals surface area (Å²) in [6.45, 7) is 14.3. The van der Waals surface area contributed by atoms with Crippen LogP contribution < -0.4 is 15.3 Å². The van der Waals surface area contributed by atoms with Crippen LogP contribution in [0.4, 0.5) is 11.4 Å². The van der Waals surface area contributed by atoms with E-state index in [0.29, 0.717) is 0 Å². The Balaban J connectivity index is 0.00000276. The van der Waals surface area contributed by atoms with Gasteiger partial charge in [0.1, 0.15) is 14.2 Å². The number of nitrogens with zero attached hydrogens (tertiary/aromatic N) is 2. The van der Waals surface area contributed by atoms with Gasteiger partial charge >= 0.3 is 19.5 Å². The van der Waals surface area contributed by atoms with Crippen LogP contribution in [0.5, 0.6) is 0 Å². The first-order chi connectivity index (χ1) is 19.3. The fourth-order valence-electron chi connectivity index (χ4n) is 7.65. The molecule has 2 nitrogen and oxygen atoms in total. The van der Waals surface area contributed by atoms with Gasteiger partial charge < -0.3 is 9.47 Å². The molecule has 2 aliphatic rings. The summed E-state index contributed by atoms with van der Waals surface area (Å²) < 4.78 is 2.67. The van der Waals surface area contributed by atoms with Gasteiger partial charge in [0.2, 0.25) is 0 Å². The van der Waals surface area contributed by atoms with Gasteiger partial charge in [-0.1, -0.05) is 90.6 Å². The van der Waals surface area contributed by atoms with E-state index >= 15 is 0 Å². The van der Waals surface area contributed by atoms with E-state index in [2.05, 4.69) is 141 Å². The molecule has 2 aliphatic heterocycles. The van der Waals surface area contributed by atoms with Crippen LogP contribution in [0.25, 0.3) is 43.4 Å². The SMILES string of the molecule is Cc1cccc2c1N1c3c(ccc4c5ccccc5c5ccc[c-]c5c5ccc(C)c(C)c5n(c34)[C@@H]1C)[Si]2(C)C.[Ru+]. The largest absolute Gasteiger partial charge is 1.00 e. The number of benzene rings is 5. The van der Waals surface area contributed by atoms with Crippen molar-refractivity contribution in [1.82, 2.24) is 4.57 Å². The monoisotopic (exact) mass is 635 g/mol. The van der Waals surface area contributed by atoms with E-state index < -0.39 is 8.07 Å². The molecule has 1 atom stereocenters. The van der Waals surface area contributed by atoms with Gasteiger partial charge in [0.15, 0.2) is 0 Å². The maximum Gasteiger partial charge on any atom is 1.00 e. The number of hydrogen-bond donors (Lipinski definition) is 0. The van der Waals surface area contributed by atoms with Crippen molar-refractivity contribution in [2.45, 2.75) is 47.0 Å². The molecule has 6 aromatic rings. The van der Waals surface area contributed by atoms with E-state index in [1.165, 1.54) is 76.6 Å². The normalized spacial score (nSPS) is 16.2. The number of rotatable bonds is 0. The third-order valence-corrected chi connectivity index (χ3v) is 13.3. The topological polar surface area (TPSA) is 8.17 Å². The van der Waals surface area contributed by atoms with E-state index in [0.717, 1.165) is 0 Å². The van der Waals surface area contributed by atoms with Gasteiger partial charge in [-0.15, -0.1) is 35.0 Å². The van der Waals surface area contributed by atoms with Gasteiger partial charge in [-0.25, -0.2) is 0 Å². The van der Waals surface area contributed by atoms with Gasteiger partial charge in [-0.2, -0.15) is 0 Å². The molecule has 1 aromatic heterocycles. The Morgan fingerprint density at radius 2 is 1.32 bits per heavy atom. The minimum atomic E-state index is -1.95. The Morgan fingerprint density at radius 1 is 0.634 bits per heavy atom. The van der Waals surface area contributed by atoms with E-state index in [4.69, 9.17) is 0 Å². The molecule has 1 radical (unpaired) electrons. The number of para-hydroxylation sites is 1. The summed E-state index contributed by atoms with van der Waals surface area (Å²) in [5.41, 5.74) is 9.52. The molecule has 0 amide bonds. The van der Waals surface area contributed by atoms with Crippen LogP contribution in [0.3, 0.4) is 0 Å². The first-order valence-electron chi connectivity index (χ1n) is 14.4. The molecular formula is C37H33N2RuSi. The Labute approximate surface area is 255 Å². The van der Waals surface area contributed by atoms with Crippen molar-refractivity contribution >= 4 is 73.2 Å². The maximum absolute atomic E-state index is 3.68. The van der Waals surface area contributed by atoms with E-state index in [1.54, 1.807) is 5.19 Å². The summed E-state index contributed by atoms with van der Waals surface area (Å²) >= 11 is 0. The molecule has 0 N–H and O–H groups in total. The Morgan fingerprint density at radius 3 is 2.10 bits per heavy atom. The van der Waals surface area contributed by atoms with E-state index in [1.807, 2.05) is 0 Å². The molecule has 0 saturated heterocycles. The van der Waals surface area contributed by atoms with Gasteiger partial charge in [0.25, 0.3) is 0 Å². The minimum absolute atomic E-state index is 0. The Kier molecular flexibility index (Phi) is 5.82. The van der Waals surface area contributed by atoms with Crippen LogP contribution in [0.2, 0.25) is 13.1 Å². The van der Waals surface area contributed by atoms with Crippen LogP contribution in [0, 0.1) is 26.8 Å². The zero-order valence-electron chi connectivity index (χ0n) is 24.4. The fraction of sp³-hybridized carbons (Fsp3) is 0.189. The number of aromatic nitrogens is 1. The Bertz CT molecular complexity index is 2160. The molecule has 0 saturated carbocycles. The first kappa shape index (κ1) is 26.4. The smallest absolute Gasteiger partial charge is 0.326 e. The molecule has 0 fully saturated rings. The minimum Gasteiger partial charge on any atom is -0.326 e. The molecule has 0 aliphatic carbocycles. The molecule has 0 bridgehead atoms. The molecule has 8 rings (SSSR count). The van der Waals surface area contributed by atoms with Crippen molar-refractivity contribution in [1.29, 1.82) is 0 Å². The van der Waals surface area contributed by atoms with Crippen LogP contribution >= 0.6 is 0 Å². The third-order valence-electron chi connectivity index (χ3n) is 9.78. The van der Waals surface area contributed by atoms with Gasteiger partial charge in [0, 0.05) is 16.6 Å². The van der Waals surface area contributed by atoms with Crippen molar-refractivity contribution in [3.63, 3.8) is 0 Å². The van der Waals surface area contributed by atoms with Gasteiger partial charge in [0.05, 0.1) is 11.2 Å². The van der Waals surface area contributed by atoms with Crippen LogP contribution in [-0.2, 0) is 19.5 Å². The van der Waals surface area contributed by atoms with Crippen LogP contribution in [-0.4, -0.2) is 12.6 Å². The zero-order valence-corrected chi connectivity index (χ0v) is 27.1. The molecular weight excluding hydrogens is 602 g/mol. The summed E-state index contributed by atoms with van der Waals surface area (Å²) in [4.78, 5) is 2.67. The van der Waals surface area contributed by atoms with Crippen molar-refractivity contribution < 1.29 is 19.5 Å². The number of aryl methyl sites for hydroxylation is 3. The molecule has 5 aromatic carbocycles. The van der Waals surface area contributed by atoms with Crippen molar-refractivity contribution in [2.75, 3.05) is 4.90 Å². The summed E-state index contributed by atoms with van der Waals surface area (Å²) in [7, 11) is -1.95. The third kappa shape index (κ3) is 3.32. The zero-order chi connectivity index (χ0) is 27.5. The average Bonchev–Trinajstić information content (AvgIpc) is 3.26. The molecule has 4 heteroatoms. The summed E-state index contributed by atoms with van der Waals surface area (Å²) in [5.74, 6) is 0. The first-order valence-corrected chi connectivity index (χ1v) is 17.4. The second-order valence-electron chi connectivity index (χ2n) is 12.2. The molecule has 0 spiro atoms. The fourth-order valence-corrected chi connectivity index (χ4v) is 10.7. The van der Waals surface area contributed by atoms with Crippen LogP contribution in [0.1, 0.15) is 29.8 Å². The summed E-state index contributed by atoms with van der Waals surface area (Å²) in [6, 6.07) is 35.6. The molecule has 203 valence electrons. The van der Waals surface area contributed by atoms with Gasteiger partial charge in [-0.3, -0.25) is 0 Å². The van der Waals surface area contributed by atoms with E-state index in [9.17, 15) is 0 Å². The molecule has 3 heterocycles. The number of hydrogen-bond acceptors (Lipinski definition) is 1. The summed E-state index contributed by atoms with van der Waals surface area (Å²) in [5, 5.41) is 10.6. The number of fused-ring (bicyclic) bond motifs is 9. The number of anilines is 2. The average molecular weight is 635 g/mol. The van der Waals surface area contributed by atoms with Crippen LogP contribution in [0.15, 0.2) is 84.9 Å². The second kappa shape index (κ2) is 9.02. The molecule has 41 heavy (non-hydrogen) atoms.